The van der Waals surface area contributed by atoms with Crippen molar-refractivity contribution in [3.63, 3.8) is 0 Å². The van der Waals surface area contributed by atoms with E-state index in [1.165, 1.54) is 4.90 Å². The summed E-state index contributed by atoms with van der Waals surface area (Å²) < 4.78 is 45.7. The van der Waals surface area contributed by atoms with Crippen molar-refractivity contribution in [1.82, 2.24) is 9.97 Å². The number of hydrogen-bond donors (Lipinski definition) is 0. The lowest BCUT2D eigenvalue weighted by Crippen LogP contribution is -2.26. The van der Waals surface area contributed by atoms with Crippen LogP contribution >= 0.6 is 0 Å². The fourth-order valence-electron chi connectivity index (χ4n) is 2.24. The van der Waals surface area contributed by atoms with Crippen molar-refractivity contribution in [2.24, 2.45) is 0 Å². The third kappa shape index (κ3) is 4.84. The number of aromatic nitrogens is 2. The van der Waals surface area contributed by atoms with Crippen LogP contribution in [0.5, 0.6) is 6.01 Å². The number of halogens is 3. The van der Waals surface area contributed by atoms with Gasteiger partial charge in [0, 0.05) is 18.9 Å². The van der Waals surface area contributed by atoms with Crippen molar-refractivity contribution in [2.75, 3.05) is 11.9 Å². The molecule has 0 bridgehead atoms. The van der Waals surface area contributed by atoms with Gasteiger partial charge in [0.05, 0.1) is 0 Å². The fourth-order valence-corrected chi connectivity index (χ4v) is 2.24. The summed E-state index contributed by atoms with van der Waals surface area (Å²) in [7, 11) is 1.55. The molecule has 7 heteroatoms. The first-order valence-corrected chi connectivity index (χ1v) is 7.97. The van der Waals surface area contributed by atoms with Crippen LogP contribution in [0.2, 0.25) is 0 Å². The molecule has 25 heavy (non-hydrogen) atoms. The van der Waals surface area contributed by atoms with Gasteiger partial charge in [0.2, 0.25) is 0 Å². The second-order valence-corrected chi connectivity index (χ2v) is 6.68. The van der Waals surface area contributed by atoms with Gasteiger partial charge in [-0.3, -0.25) is 0 Å². The number of aryl methyl sites for hydroxylation is 1. The van der Waals surface area contributed by atoms with Gasteiger partial charge >= 0.3 is 12.2 Å². The number of ether oxygens (including phenoxy) is 1. The maximum atomic E-state index is 13.4. The molecule has 0 aliphatic rings. The van der Waals surface area contributed by atoms with Crippen LogP contribution in [0.25, 0.3) is 0 Å². The predicted octanol–water partition coefficient (Wildman–Crippen LogP) is 5.00. The lowest BCUT2D eigenvalue weighted by Gasteiger charge is -2.25. The highest BCUT2D eigenvalue weighted by Crippen LogP contribution is 2.38. The Labute approximate surface area is 145 Å². The minimum absolute atomic E-state index is 0.0889. The predicted molar refractivity (Wildman–Crippen MR) is 91.3 cm³/mol. The van der Waals surface area contributed by atoms with E-state index < -0.39 is 17.3 Å². The summed E-state index contributed by atoms with van der Waals surface area (Å²) in [5.74, 6) is -0.241. The third-order valence-electron chi connectivity index (χ3n) is 3.47. The Balaban J connectivity index is 2.52. The lowest BCUT2D eigenvalue weighted by molar-refractivity contribution is -0.137. The maximum Gasteiger partial charge on any atom is 0.421 e. The van der Waals surface area contributed by atoms with E-state index in [0.29, 0.717) is 5.69 Å². The summed E-state index contributed by atoms with van der Waals surface area (Å²) in [5.41, 5.74) is 0.124. The van der Waals surface area contributed by atoms with Crippen LogP contribution in [0.15, 0.2) is 30.5 Å². The van der Waals surface area contributed by atoms with E-state index in [-0.39, 0.29) is 11.8 Å². The minimum atomic E-state index is -4.56. The zero-order chi connectivity index (χ0) is 18.8. The number of benzene rings is 1. The average molecular weight is 353 g/mol. The van der Waals surface area contributed by atoms with Crippen LogP contribution in [0.1, 0.15) is 38.8 Å². The molecule has 2 rings (SSSR count). The summed E-state index contributed by atoms with van der Waals surface area (Å²) in [4.78, 5) is 9.15. The molecule has 0 amide bonds. The summed E-state index contributed by atoms with van der Waals surface area (Å²) in [6.07, 6.45) is -3.01. The van der Waals surface area contributed by atoms with E-state index in [0.717, 1.165) is 18.2 Å². The van der Waals surface area contributed by atoms with Gasteiger partial charge in [-0.15, -0.1) is 0 Å². The quantitative estimate of drug-likeness (QED) is 0.775. The first-order valence-electron chi connectivity index (χ1n) is 7.97. The van der Waals surface area contributed by atoms with E-state index in [1.807, 2.05) is 25.1 Å². The smallest absolute Gasteiger partial charge is 0.421 e. The Morgan fingerprint density at radius 1 is 1.16 bits per heavy atom. The summed E-state index contributed by atoms with van der Waals surface area (Å²) in [6, 6.07) is 7.23. The molecule has 0 N–H and O–H groups in total. The molecule has 0 spiro atoms. The molecule has 4 nitrogen and oxygen atoms in total. The van der Waals surface area contributed by atoms with Crippen LogP contribution in [0, 0.1) is 0 Å². The van der Waals surface area contributed by atoms with E-state index >= 15 is 0 Å². The van der Waals surface area contributed by atoms with Crippen molar-refractivity contribution >= 4 is 11.5 Å². The van der Waals surface area contributed by atoms with Gasteiger partial charge in [-0.05, 0) is 44.9 Å². The average Bonchev–Trinajstić information content (AvgIpc) is 2.51. The highest BCUT2D eigenvalue weighted by atomic mass is 19.4. The van der Waals surface area contributed by atoms with Crippen LogP contribution in [0.4, 0.5) is 24.7 Å². The van der Waals surface area contributed by atoms with Crippen LogP contribution < -0.4 is 9.64 Å². The first kappa shape index (κ1) is 19.0. The topological polar surface area (TPSA) is 38.2 Å². The Morgan fingerprint density at radius 3 is 2.40 bits per heavy atom. The molecule has 136 valence electrons. The zero-order valence-electron chi connectivity index (χ0n) is 15.0. The van der Waals surface area contributed by atoms with E-state index in [1.54, 1.807) is 33.9 Å². The van der Waals surface area contributed by atoms with Crippen LogP contribution in [0.3, 0.4) is 0 Å². The summed E-state index contributed by atoms with van der Waals surface area (Å²) in [6.45, 7) is 7.33. The van der Waals surface area contributed by atoms with Gasteiger partial charge in [0.25, 0.3) is 0 Å². The molecule has 0 atom stereocenters. The van der Waals surface area contributed by atoms with Gasteiger partial charge in [0.1, 0.15) is 11.2 Å². The van der Waals surface area contributed by atoms with Crippen LogP contribution in [-0.2, 0) is 12.6 Å². The molecule has 2 aromatic rings. The normalized spacial score (nSPS) is 12.2. The molecule has 1 aromatic carbocycles. The highest BCUT2D eigenvalue weighted by molar-refractivity contribution is 5.63. The van der Waals surface area contributed by atoms with Gasteiger partial charge in [-0.2, -0.15) is 18.2 Å². The van der Waals surface area contributed by atoms with Gasteiger partial charge in [-0.1, -0.05) is 19.1 Å². The molecule has 0 aliphatic heterocycles. The molecular weight excluding hydrogens is 331 g/mol. The molecule has 1 aromatic heterocycles. The molecule has 0 radical (unpaired) electrons. The van der Waals surface area contributed by atoms with E-state index in [4.69, 9.17) is 4.74 Å². The fraction of sp³-hybridized carbons (Fsp3) is 0.444. The number of nitrogens with zero attached hydrogens (tertiary/aromatic N) is 3. The van der Waals surface area contributed by atoms with Gasteiger partial charge in [0.15, 0.2) is 5.82 Å². The highest BCUT2D eigenvalue weighted by Gasteiger charge is 2.37. The Morgan fingerprint density at radius 2 is 1.84 bits per heavy atom. The monoisotopic (exact) mass is 353 g/mol. The molecular formula is C18H22F3N3O. The summed E-state index contributed by atoms with van der Waals surface area (Å²) >= 11 is 0. The zero-order valence-corrected chi connectivity index (χ0v) is 15.0. The van der Waals surface area contributed by atoms with Crippen LogP contribution in [-0.4, -0.2) is 22.6 Å². The second kappa shape index (κ2) is 6.90. The Hall–Kier alpha value is -2.31. The van der Waals surface area contributed by atoms with E-state index in [2.05, 4.69) is 9.97 Å². The molecule has 0 saturated heterocycles. The SMILES string of the molecule is CCc1cccc(N(C)c2nc(OC(C)(C)C)ncc2C(F)(F)F)c1. The number of alkyl halides is 3. The third-order valence-corrected chi connectivity index (χ3v) is 3.47. The summed E-state index contributed by atoms with van der Waals surface area (Å²) in [5, 5.41) is 0. The largest absolute Gasteiger partial charge is 0.458 e. The molecule has 1 heterocycles. The van der Waals surface area contributed by atoms with E-state index in [9.17, 15) is 13.2 Å². The first-order chi connectivity index (χ1) is 11.5. The van der Waals surface area contributed by atoms with Gasteiger partial charge < -0.3 is 9.64 Å². The standard InChI is InChI=1S/C18H22F3N3O/c1-6-12-8-7-9-13(10-12)24(5)15-14(18(19,20)21)11-22-16(23-15)25-17(2,3)4/h7-11H,6H2,1-5H3. The molecule has 0 saturated carbocycles. The lowest BCUT2D eigenvalue weighted by atomic mass is 10.1. The second-order valence-electron chi connectivity index (χ2n) is 6.68. The van der Waals surface area contributed by atoms with Crippen molar-refractivity contribution in [3.05, 3.63) is 41.6 Å². The number of hydrogen-bond acceptors (Lipinski definition) is 4. The molecule has 0 unspecified atom stereocenters. The van der Waals surface area contributed by atoms with Crippen molar-refractivity contribution in [1.29, 1.82) is 0 Å². The maximum absolute atomic E-state index is 13.4. The molecule has 0 aliphatic carbocycles. The number of anilines is 2. The Kier molecular flexibility index (Phi) is 5.25. The Bertz CT molecular complexity index is 739. The minimum Gasteiger partial charge on any atom is -0.458 e. The van der Waals surface area contributed by atoms with Crippen molar-refractivity contribution in [3.8, 4) is 6.01 Å². The van der Waals surface area contributed by atoms with Crippen molar-refractivity contribution < 1.29 is 17.9 Å². The molecule has 0 fully saturated rings. The number of rotatable bonds is 4. The van der Waals surface area contributed by atoms with Gasteiger partial charge in [-0.25, -0.2) is 4.98 Å². The van der Waals surface area contributed by atoms with Crippen molar-refractivity contribution in [2.45, 2.75) is 45.9 Å².